The normalized spacial score (nSPS) is 47.8. The number of aliphatic hydroxyl groups is 1. The van der Waals surface area contributed by atoms with Gasteiger partial charge in [-0.3, -0.25) is 4.90 Å². The molecule has 0 amide bonds. The Morgan fingerprint density at radius 3 is 3.04 bits per heavy atom. The molecular formula is C22H29N3O3. The summed E-state index contributed by atoms with van der Waals surface area (Å²) in [5, 5.41) is 26.1. The molecule has 2 aliphatic heterocycles. The highest BCUT2D eigenvalue weighted by Gasteiger charge is 2.73. The molecule has 5 bridgehead atoms. The van der Waals surface area contributed by atoms with Crippen molar-refractivity contribution in [3.05, 3.63) is 11.1 Å². The molecule has 0 aromatic carbocycles. The number of carboxylic acids is 1. The molecule has 28 heavy (non-hydrogen) atoms. The maximum absolute atomic E-state index is 12.0. The lowest BCUT2D eigenvalue weighted by atomic mass is 9.47. The molecule has 3 N–H and O–H groups in total. The zero-order valence-electron chi connectivity index (χ0n) is 16.7. The molecule has 6 nitrogen and oxygen atoms in total. The van der Waals surface area contributed by atoms with Crippen molar-refractivity contribution in [3.8, 4) is 11.8 Å². The van der Waals surface area contributed by atoms with E-state index < -0.39 is 12.1 Å². The zero-order chi connectivity index (χ0) is 19.7. The second-order valence-electron chi connectivity index (χ2n) is 9.46. The summed E-state index contributed by atoms with van der Waals surface area (Å²) < 4.78 is 0. The van der Waals surface area contributed by atoms with Gasteiger partial charge in [-0.1, -0.05) is 24.3 Å². The van der Waals surface area contributed by atoms with Crippen molar-refractivity contribution >= 4 is 11.9 Å². The van der Waals surface area contributed by atoms with Crippen molar-refractivity contribution in [1.29, 1.82) is 0 Å². The van der Waals surface area contributed by atoms with Crippen LogP contribution in [0.3, 0.4) is 0 Å². The second-order valence-corrected chi connectivity index (χ2v) is 9.46. The number of carbonyl (C=O) groups is 1. The number of nitrogens with one attached hydrogen (secondary N) is 2. The van der Waals surface area contributed by atoms with E-state index in [9.17, 15) is 15.0 Å². The van der Waals surface area contributed by atoms with Crippen LogP contribution in [0.1, 0.15) is 39.0 Å². The predicted molar refractivity (Wildman–Crippen MR) is 102 cm³/mol. The molecule has 6 heteroatoms. The monoisotopic (exact) mass is 383 g/mol. The van der Waals surface area contributed by atoms with Gasteiger partial charge >= 0.3 is 0 Å². The first-order valence-corrected chi connectivity index (χ1v) is 10.6. The number of fused-ring (bicyclic) bond motifs is 1. The van der Waals surface area contributed by atoms with Gasteiger partial charge in [0.1, 0.15) is 0 Å². The summed E-state index contributed by atoms with van der Waals surface area (Å²) >= 11 is 0. The summed E-state index contributed by atoms with van der Waals surface area (Å²) in [4.78, 5) is 17.8. The Morgan fingerprint density at radius 1 is 1.46 bits per heavy atom. The van der Waals surface area contributed by atoms with E-state index in [1.165, 1.54) is 4.90 Å². The number of hydrogen-bond acceptors (Lipinski definition) is 4. The summed E-state index contributed by atoms with van der Waals surface area (Å²) in [5.74, 6) is 7.60. The van der Waals surface area contributed by atoms with E-state index in [1.807, 2.05) is 7.05 Å². The third-order valence-electron chi connectivity index (χ3n) is 8.71. The lowest BCUT2D eigenvalue weighted by Crippen LogP contribution is -3.19. The van der Waals surface area contributed by atoms with Crippen molar-refractivity contribution in [2.75, 3.05) is 26.7 Å². The Bertz CT molecular complexity index is 853. The Kier molecular flexibility index (Phi) is 3.95. The molecule has 2 saturated carbocycles. The van der Waals surface area contributed by atoms with E-state index in [1.54, 1.807) is 0 Å². The van der Waals surface area contributed by atoms with Gasteiger partial charge in [0, 0.05) is 29.4 Å². The number of rotatable bonds is 1. The number of piperidine rings is 1. The van der Waals surface area contributed by atoms with Crippen LogP contribution in [0.25, 0.3) is 0 Å². The van der Waals surface area contributed by atoms with Gasteiger partial charge in [0.15, 0.2) is 0 Å². The number of carbonyl (C=O) groups excluding carboxylic acids is 1. The smallest absolute Gasteiger partial charge is 0.296 e. The van der Waals surface area contributed by atoms with E-state index in [2.05, 4.69) is 29.1 Å². The van der Waals surface area contributed by atoms with Crippen LogP contribution in [0.5, 0.6) is 0 Å². The Labute approximate surface area is 166 Å². The molecule has 0 aromatic rings. The largest absolute Gasteiger partial charge is 0.545 e. The Balaban J connectivity index is 1.74. The van der Waals surface area contributed by atoms with Crippen LogP contribution in [-0.4, -0.2) is 49.8 Å². The van der Waals surface area contributed by atoms with Crippen molar-refractivity contribution in [2.24, 2.45) is 33.6 Å². The highest BCUT2D eigenvalue weighted by Crippen LogP contribution is 2.75. The molecule has 0 aromatic heterocycles. The van der Waals surface area contributed by atoms with Gasteiger partial charge in [-0.05, 0) is 43.9 Å². The van der Waals surface area contributed by atoms with Crippen LogP contribution in [0.2, 0.25) is 0 Å². The number of aliphatic carboxylic acids is 1. The number of aliphatic hydroxyl groups excluding tert-OH is 1. The van der Waals surface area contributed by atoms with Gasteiger partial charge in [0.25, 0.3) is 5.96 Å². The number of aliphatic imine (C=N–C) groups is 1. The summed E-state index contributed by atoms with van der Waals surface area (Å²) in [5.41, 5.74) is 0.908. The fourth-order valence-corrected chi connectivity index (χ4v) is 7.94. The number of allylic oxidation sites excluding steroid dienone is 1. The van der Waals surface area contributed by atoms with Crippen LogP contribution in [0.15, 0.2) is 16.1 Å². The van der Waals surface area contributed by atoms with E-state index in [0.717, 1.165) is 50.3 Å². The van der Waals surface area contributed by atoms with Crippen LogP contribution < -0.4 is 15.3 Å². The van der Waals surface area contributed by atoms with E-state index in [0.29, 0.717) is 30.7 Å². The molecule has 7 atom stereocenters. The predicted octanol–water partition coefficient (Wildman–Crippen LogP) is -1.28. The van der Waals surface area contributed by atoms with Crippen molar-refractivity contribution < 1.29 is 19.9 Å². The van der Waals surface area contributed by atoms with Gasteiger partial charge in [-0.15, -0.1) is 0 Å². The summed E-state index contributed by atoms with van der Waals surface area (Å²) in [6.45, 7) is 4.84. The van der Waals surface area contributed by atoms with Gasteiger partial charge in [-0.2, -0.15) is 0 Å². The van der Waals surface area contributed by atoms with Crippen molar-refractivity contribution in [1.82, 2.24) is 5.32 Å². The molecule has 0 radical (unpaired) electrons. The maximum Gasteiger partial charge on any atom is 0.296 e. The van der Waals surface area contributed by atoms with Gasteiger partial charge in [0.05, 0.1) is 31.7 Å². The van der Waals surface area contributed by atoms with Crippen LogP contribution in [0.4, 0.5) is 0 Å². The Hall–Kier alpha value is -1.84. The minimum absolute atomic E-state index is 0.0277. The molecule has 150 valence electrons. The number of quaternary nitrogens is 1. The minimum atomic E-state index is -1.18. The standard InChI is InChI=1S/C22H29N3O3/c1-13-9-14-5-3-7-24-20(23-2)25-8-4-6-21(12-25)15(14)10-16-18(19(27)28)17(26)11-22(13,16)21/h13-15,17,26H,4,6-12H2,1-2H3,(H,23,24)(H,27,28). The molecule has 1 saturated heterocycles. The lowest BCUT2D eigenvalue weighted by Gasteiger charge is -2.58. The average molecular weight is 383 g/mol. The molecule has 5 rings (SSSR count). The van der Waals surface area contributed by atoms with E-state index >= 15 is 0 Å². The third kappa shape index (κ3) is 2.07. The van der Waals surface area contributed by atoms with Crippen LogP contribution >= 0.6 is 0 Å². The fourth-order valence-electron chi connectivity index (χ4n) is 7.94. The quantitative estimate of drug-likeness (QED) is 0.492. The molecule has 5 aliphatic rings. The Morgan fingerprint density at radius 2 is 2.29 bits per heavy atom. The summed E-state index contributed by atoms with van der Waals surface area (Å²) in [7, 11) is 1.83. The number of carboxylic acid groups (broad SMARTS) is 1. The van der Waals surface area contributed by atoms with Gasteiger partial charge in [-0.25, -0.2) is 4.99 Å². The topological polar surface area (TPSA) is 89.2 Å². The molecule has 2 spiro atoms. The number of nitrogens with zero attached hydrogens (tertiary/aromatic N) is 1. The second kappa shape index (κ2) is 6.08. The average Bonchev–Trinajstić information content (AvgIpc) is 3.05. The highest BCUT2D eigenvalue weighted by atomic mass is 16.4. The zero-order valence-corrected chi connectivity index (χ0v) is 16.7. The number of hydrogen-bond donors (Lipinski definition) is 3. The highest BCUT2D eigenvalue weighted by molar-refractivity contribution is 5.88. The first-order chi connectivity index (χ1) is 13.4. The van der Waals surface area contributed by atoms with Gasteiger partial charge < -0.3 is 20.3 Å². The van der Waals surface area contributed by atoms with Crippen LogP contribution in [0, 0.1) is 40.4 Å². The van der Waals surface area contributed by atoms with Crippen LogP contribution in [-0.2, 0) is 4.79 Å². The summed E-state index contributed by atoms with van der Waals surface area (Å²) in [6, 6.07) is 0. The maximum atomic E-state index is 12.0. The summed E-state index contributed by atoms with van der Waals surface area (Å²) in [6.07, 6.45) is 3.54. The molecule has 3 aliphatic carbocycles. The first-order valence-electron chi connectivity index (χ1n) is 10.6. The van der Waals surface area contributed by atoms with E-state index in [4.69, 9.17) is 0 Å². The number of guanidine groups is 1. The van der Waals surface area contributed by atoms with E-state index in [-0.39, 0.29) is 16.4 Å². The third-order valence-corrected chi connectivity index (χ3v) is 8.71. The molecule has 2 heterocycles. The van der Waals surface area contributed by atoms with Crippen molar-refractivity contribution in [2.45, 2.75) is 45.1 Å². The first kappa shape index (κ1) is 18.2. The molecule has 3 fully saturated rings. The van der Waals surface area contributed by atoms with Gasteiger partial charge in [0.2, 0.25) is 0 Å². The minimum Gasteiger partial charge on any atom is -0.545 e. The lowest BCUT2D eigenvalue weighted by molar-refractivity contribution is -0.827. The fraction of sp³-hybridized carbons (Fsp3) is 0.727. The SMILES string of the molecule is CN=C1NCC#CC2CC(C)C34CC(O)C(C(=O)[O-])=C3CC2C42CCC[NH+]1C2. The molecule has 7 unspecified atom stereocenters. The molecular weight excluding hydrogens is 354 g/mol. The van der Waals surface area contributed by atoms with Crippen molar-refractivity contribution in [3.63, 3.8) is 0 Å².